The van der Waals surface area contributed by atoms with Crippen molar-refractivity contribution in [3.05, 3.63) is 198 Å². The molecule has 2 aliphatic carbocycles. The molecule has 1 spiro atoms. The summed E-state index contributed by atoms with van der Waals surface area (Å²) in [5, 5.41) is 0. The number of aromatic nitrogens is 3. The molecule has 0 atom stereocenters. The van der Waals surface area contributed by atoms with Crippen LogP contribution in [0.3, 0.4) is 0 Å². The molecule has 0 amide bonds. The summed E-state index contributed by atoms with van der Waals surface area (Å²) >= 11 is 0. The molecule has 10 rings (SSSR count). The predicted molar refractivity (Wildman–Crippen MR) is 194 cm³/mol. The van der Waals surface area contributed by atoms with Crippen LogP contribution >= 0.6 is 0 Å². The lowest BCUT2D eigenvalue weighted by Gasteiger charge is -2.30. The molecule has 0 unspecified atom stereocenters. The Labute approximate surface area is 279 Å². The van der Waals surface area contributed by atoms with Crippen molar-refractivity contribution in [1.82, 2.24) is 14.5 Å². The zero-order valence-electron chi connectivity index (χ0n) is 26.1. The van der Waals surface area contributed by atoms with E-state index in [1.165, 1.54) is 44.5 Å². The SMILES string of the molecule is c1ccc(-c2ccc(-c3nccn3-c3ccc4c(c3)C3(c5ccccc5-c5ccccc53)c3ccccc3-4)c(-c3ccccc3)n2)cc1. The fourth-order valence-corrected chi connectivity index (χ4v) is 8.17. The van der Waals surface area contributed by atoms with Crippen LogP contribution in [0.4, 0.5) is 0 Å². The Kier molecular flexibility index (Phi) is 5.79. The minimum Gasteiger partial charge on any atom is -0.300 e. The van der Waals surface area contributed by atoms with Crippen molar-refractivity contribution in [1.29, 1.82) is 0 Å². The van der Waals surface area contributed by atoms with Crippen molar-refractivity contribution < 1.29 is 0 Å². The minimum atomic E-state index is -0.399. The first-order valence-corrected chi connectivity index (χ1v) is 16.4. The number of nitrogens with zero attached hydrogens (tertiary/aromatic N) is 3. The van der Waals surface area contributed by atoms with Crippen LogP contribution in [0.5, 0.6) is 0 Å². The van der Waals surface area contributed by atoms with E-state index in [2.05, 4.69) is 162 Å². The third-order valence-corrected chi connectivity index (χ3v) is 10.2. The van der Waals surface area contributed by atoms with Gasteiger partial charge in [-0.25, -0.2) is 9.97 Å². The second-order valence-corrected chi connectivity index (χ2v) is 12.6. The van der Waals surface area contributed by atoms with Gasteiger partial charge in [0.05, 0.1) is 16.8 Å². The summed E-state index contributed by atoms with van der Waals surface area (Å²) in [5.41, 5.74) is 16.2. The highest BCUT2D eigenvalue weighted by Gasteiger charge is 2.51. The van der Waals surface area contributed by atoms with Crippen LogP contribution in [-0.2, 0) is 5.41 Å². The first kappa shape index (κ1) is 26.9. The quantitative estimate of drug-likeness (QED) is 0.198. The maximum absolute atomic E-state index is 5.24. The lowest BCUT2D eigenvalue weighted by Crippen LogP contribution is -2.26. The van der Waals surface area contributed by atoms with E-state index in [1.54, 1.807) is 0 Å². The monoisotopic (exact) mass is 611 g/mol. The molecule has 3 nitrogen and oxygen atoms in total. The van der Waals surface area contributed by atoms with E-state index in [-0.39, 0.29) is 0 Å². The van der Waals surface area contributed by atoms with Crippen molar-refractivity contribution >= 4 is 0 Å². The fraction of sp³-hybridized carbons (Fsp3) is 0.0222. The Balaban J connectivity index is 1.19. The Morgan fingerprint density at radius 3 is 1.58 bits per heavy atom. The zero-order chi connectivity index (χ0) is 31.7. The summed E-state index contributed by atoms with van der Waals surface area (Å²) in [6, 6.07) is 58.8. The van der Waals surface area contributed by atoms with Gasteiger partial charge in [-0.1, -0.05) is 140 Å². The van der Waals surface area contributed by atoms with Gasteiger partial charge in [0, 0.05) is 34.8 Å². The van der Waals surface area contributed by atoms with Crippen molar-refractivity contribution in [3.63, 3.8) is 0 Å². The van der Waals surface area contributed by atoms with Crippen molar-refractivity contribution in [2.24, 2.45) is 0 Å². The normalized spacial score (nSPS) is 13.2. The average molecular weight is 612 g/mol. The molecule has 0 saturated heterocycles. The van der Waals surface area contributed by atoms with Crippen LogP contribution in [0, 0.1) is 0 Å². The first-order chi connectivity index (χ1) is 23.8. The fourth-order valence-electron chi connectivity index (χ4n) is 8.17. The molecule has 48 heavy (non-hydrogen) atoms. The van der Waals surface area contributed by atoms with Crippen molar-refractivity contribution in [2.75, 3.05) is 0 Å². The molecule has 224 valence electrons. The van der Waals surface area contributed by atoms with Crippen LogP contribution < -0.4 is 0 Å². The molecule has 0 aliphatic heterocycles. The van der Waals surface area contributed by atoms with E-state index in [4.69, 9.17) is 9.97 Å². The molecule has 0 saturated carbocycles. The van der Waals surface area contributed by atoms with Gasteiger partial charge in [-0.05, 0) is 68.8 Å². The van der Waals surface area contributed by atoms with E-state index in [9.17, 15) is 0 Å². The number of imidazole rings is 1. The summed E-state index contributed by atoms with van der Waals surface area (Å²) in [6.45, 7) is 0. The summed E-state index contributed by atoms with van der Waals surface area (Å²) in [6.07, 6.45) is 3.97. The van der Waals surface area contributed by atoms with E-state index < -0.39 is 5.41 Å². The van der Waals surface area contributed by atoms with Gasteiger partial charge in [-0.2, -0.15) is 0 Å². The molecule has 0 bridgehead atoms. The van der Waals surface area contributed by atoms with Crippen LogP contribution in [0.2, 0.25) is 0 Å². The van der Waals surface area contributed by atoms with E-state index in [1.807, 2.05) is 18.3 Å². The second-order valence-electron chi connectivity index (χ2n) is 12.6. The number of fused-ring (bicyclic) bond motifs is 10. The lowest BCUT2D eigenvalue weighted by molar-refractivity contribution is 0.792. The van der Waals surface area contributed by atoms with E-state index >= 15 is 0 Å². The molecule has 2 aromatic heterocycles. The molecule has 0 fully saturated rings. The number of pyridine rings is 1. The van der Waals surface area contributed by atoms with Gasteiger partial charge in [-0.3, -0.25) is 4.57 Å². The summed E-state index contributed by atoms with van der Waals surface area (Å²) in [4.78, 5) is 10.2. The smallest absolute Gasteiger partial charge is 0.146 e. The molecule has 8 aromatic rings. The van der Waals surface area contributed by atoms with Crippen LogP contribution in [0.25, 0.3) is 61.8 Å². The third kappa shape index (κ3) is 3.70. The Morgan fingerprint density at radius 2 is 0.958 bits per heavy atom. The number of hydrogen-bond donors (Lipinski definition) is 0. The maximum Gasteiger partial charge on any atom is 0.146 e. The molecule has 3 heteroatoms. The summed E-state index contributed by atoms with van der Waals surface area (Å²) < 4.78 is 2.22. The number of benzene rings is 6. The number of hydrogen-bond acceptors (Lipinski definition) is 2. The molecule has 6 aromatic carbocycles. The van der Waals surface area contributed by atoms with Gasteiger partial charge >= 0.3 is 0 Å². The Hall–Kier alpha value is -6.32. The second kappa shape index (κ2) is 10.3. The summed E-state index contributed by atoms with van der Waals surface area (Å²) in [7, 11) is 0. The minimum absolute atomic E-state index is 0.399. The first-order valence-electron chi connectivity index (χ1n) is 16.4. The average Bonchev–Trinajstić information content (AvgIpc) is 3.85. The standard InChI is InChI=1S/C45H29N3/c1-3-13-30(14-4-1)42-26-25-37(43(47-42)31-15-5-2-6-16-31)44-46-27-28-48(44)32-23-24-36-35-19-9-12-22-40(35)45(41(36)29-32)38-20-10-7-17-33(38)34-18-8-11-21-39(34)45/h1-29H. The predicted octanol–water partition coefficient (Wildman–Crippen LogP) is 10.6. The maximum atomic E-state index is 5.24. The van der Waals surface area contributed by atoms with Crippen molar-refractivity contribution in [2.45, 2.75) is 5.41 Å². The van der Waals surface area contributed by atoms with E-state index in [0.717, 1.165) is 39.6 Å². The summed E-state index contributed by atoms with van der Waals surface area (Å²) in [5.74, 6) is 0.859. The largest absolute Gasteiger partial charge is 0.300 e. The van der Waals surface area contributed by atoms with Gasteiger partial charge in [0.25, 0.3) is 0 Å². The topological polar surface area (TPSA) is 30.7 Å². The zero-order valence-corrected chi connectivity index (χ0v) is 26.1. The van der Waals surface area contributed by atoms with Gasteiger partial charge in [0.2, 0.25) is 0 Å². The van der Waals surface area contributed by atoms with Crippen LogP contribution in [0.15, 0.2) is 176 Å². The number of rotatable bonds is 4. The highest BCUT2D eigenvalue weighted by atomic mass is 15.1. The molecule has 2 heterocycles. The molecular formula is C45H29N3. The third-order valence-electron chi connectivity index (χ3n) is 10.2. The Morgan fingerprint density at radius 1 is 0.438 bits per heavy atom. The van der Waals surface area contributed by atoms with Crippen LogP contribution in [0.1, 0.15) is 22.3 Å². The molecule has 2 aliphatic rings. The molecule has 0 radical (unpaired) electrons. The molecule has 0 N–H and O–H groups in total. The molecular weight excluding hydrogens is 583 g/mol. The van der Waals surface area contributed by atoms with Gasteiger partial charge in [-0.15, -0.1) is 0 Å². The Bertz CT molecular complexity index is 2450. The van der Waals surface area contributed by atoms with Gasteiger partial charge in [0.15, 0.2) is 0 Å². The van der Waals surface area contributed by atoms with Crippen LogP contribution in [-0.4, -0.2) is 14.5 Å². The highest BCUT2D eigenvalue weighted by Crippen LogP contribution is 2.62. The lowest BCUT2D eigenvalue weighted by atomic mass is 9.70. The highest BCUT2D eigenvalue weighted by molar-refractivity contribution is 5.95. The van der Waals surface area contributed by atoms with Crippen molar-refractivity contribution in [3.8, 4) is 61.8 Å². The van der Waals surface area contributed by atoms with Gasteiger partial charge in [0.1, 0.15) is 5.82 Å². The van der Waals surface area contributed by atoms with E-state index in [0.29, 0.717) is 0 Å². The van der Waals surface area contributed by atoms with Gasteiger partial charge < -0.3 is 0 Å².